The van der Waals surface area contributed by atoms with Gasteiger partial charge in [-0.3, -0.25) is 4.79 Å². The zero-order valence-electron chi connectivity index (χ0n) is 13.6. The van der Waals surface area contributed by atoms with Gasteiger partial charge in [0.25, 0.3) is 0 Å². The summed E-state index contributed by atoms with van der Waals surface area (Å²) >= 11 is 3.32. The van der Waals surface area contributed by atoms with Gasteiger partial charge in [-0.15, -0.1) is 11.3 Å². The number of aliphatic imine (C=N–C) groups is 2. The van der Waals surface area contributed by atoms with Crippen molar-refractivity contribution in [1.82, 2.24) is 10.3 Å². The maximum Gasteiger partial charge on any atom is 0.238 e. The third kappa shape index (κ3) is 4.08. The number of thioether (sulfide) groups is 1. The Bertz CT molecular complexity index is 762. The molecule has 1 atom stereocenters. The lowest BCUT2D eigenvalue weighted by molar-refractivity contribution is -0.121. The van der Waals surface area contributed by atoms with Crippen LogP contribution in [0.2, 0.25) is 0 Å². The van der Waals surface area contributed by atoms with Crippen LogP contribution in [-0.2, 0) is 9.53 Å². The number of aromatic nitrogens is 1. The molecule has 1 saturated heterocycles. The number of nitrogens with zero attached hydrogens (tertiary/aromatic N) is 3. The van der Waals surface area contributed by atoms with E-state index < -0.39 is 0 Å². The second kappa shape index (κ2) is 7.63. The third-order valence-electron chi connectivity index (χ3n) is 4.16. The summed E-state index contributed by atoms with van der Waals surface area (Å²) in [4.78, 5) is 25.7. The van der Waals surface area contributed by atoms with Crippen LogP contribution in [0.25, 0.3) is 0 Å². The van der Waals surface area contributed by atoms with Crippen molar-refractivity contribution in [2.75, 3.05) is 19.0 Å². The summed E-state index contributed by atoms with van der Waals surface area (Å²) in [7, 11) is 0. The SMILES string of the molecule is O=C1NC(CSC2CCOCC2)=NC2=C/C(=N/c3nccs3)C=CC12. The maximum absolute atomic E-state index is 12.4. The highest BCUT2D eigenvalue weighted by Gasteiger charge is 2.29. The third-order valence-corrected chi connectivity index (χ3v) is 6.20. The second-order valence-electron chi connectivity index (χ2n) is 5.93. The molecule has 1 amide bonds. The molecule has 3 aliphatic rings. The van der Waals surface area contributed by atoms with Gasteiger partial charge in [0, 0.05) is 30.0 Å². The topological polar surface area (TPSA) is 75.9 Å². The summed E-state index contributed by atoms with van der Waals surface area (Å²) in [6.45, 7) is 1.65. The highest BCUT2D eigenvalue weighted by molar-refractivity contribution is 8.00. The number of carbonyl (C=O) groups is 1. The fraction of sp³-hybridized carbons (Fsp3) is 0.412. The van der Waals surface area contributed by atoms with Crippen LogP contribution in [-0.4, -0.2) is 46.7 Å². The zero-order chi connectivity index (χ0) is 17.1. The molecule has 0 saturated carbocycles. The molecule has 1 aromatic heterocycles. The molecule has 6 nitrogen and oxygen atoms in total. The average molecular weight is 374 g/mol. The molecule has 1 aromatic rings. The van der Waals surface area contributed by atoms with Crippen molar-refractivity contribution in [1.29, 1.82) is 0 Å². The van der Waals surface area contributed by atoms with Gasteiger partial charge in [0.2, 0.25) is 11.0 Å². The first-order valence-corrected chi connectivity index (χ1v) is 10.2. The summed E-state index contributed by atoms with van der Waals surface area (Å²) in [6, 6.07) is 0. The fourth-order valence-corrected chi connectivity index (χ4v) is 4.45. The van der Waals surface area contributed by atoms with Gasteiger partial charge in [-0.1, -0.05) is 6.08 Å². The van der Waals surface area contributed by atoms with Gasteiger partial charge >= 0.3 is 0 Å². The molecule has 0 bridgehead atoms. The molecule has 1 aliphatic carbocycles. The van der Waals surface area contributed by atoms with Gasteiger partial charge in [-0.25, -0.2) is 15.0 Å². The lowest BCUT2D eigenvalue weighted by Crippen LogP contribution is -2.42. The molecule has 0 radical (unpaired) electrons. The maximum atomic E-state index is 12.4. The molecule has 0 aromatic carbocycles. The van der Waals surface area contributed by atoms with Crippen LogP contribution in [0.4, 0.5) is 5.13 Å². The minimum Gasteiger partial charge on any atom is -0.381 e. The number of rotatable bonds is 4. The lowest BCUT2D eigenvalue weighted by atomic mass is 9.96. The first kappa shape index (κ1) is 16.7. The van der Waals surface area contributed by atoms with Crippen molar-refractivity contribution < 1.29 is 9.53 Å². The highest BCUT2D eigenvalue weighted by atomic mass is 32.2. The molecule has 2 aliphatic heterocycles. The Balaban J connectivity index is 1.48. The normalized spacial score (nSPS) is 25.4. The Morgan fingerprint density at radius 3 is 3.08 bits per heavy atom. The number of carbonyl (C=O) groups excluding carboxylic acids is 1. The predicted octanol–water partition coefficient (Wildman–Crippen LogP) is 2.73. The molecule has 1 fully saturated rings. The van der Waals surface area contributed by atoms with Gasteiger partial charge < -0.3 is 10.1 Å². The van der Waals surface area contributed by atoms with Crippen LogP contribution < -0.4 is 5.32 Å². The molecule has 3 heterocycles. The van der Waals surface area contributed by atoms with E-state index in [0.29, 0.717) is 16.1 Å². The summed E-state index contributed by atoms with van der Waals surface area (Å²) in [5.74, 6) is 1.09. The van der Waals surface area contributed by atoms with Crippen LogP contribution in [0.15, 0.2) is 45.5 Å². The van der Waals surface area contributed by atoms with Crippen molar-refractivity contribution >= 4 is 45.7 Å². The van der Waals surface area contributed by atoms with Gasteiger partial charge in [0.1, 0.15) is 5.84 Å². The first-order valence-electron chi connectivity index (χ1n) is 8.24. The Kier molecular flexibility index (Phi) is 5.09. The summed E-state index contributed by atoms with van der Waals surface area (Å²) < 4.78 is 5.39. The average Bonchev–Trinajstić information content (AvgIpc) is 3.14. The molecule has 130 valence electrons. The monoisotopic (exact) mass is 374 g/mol. The van der Waals surface area contributed by atoms with E-state index in [1.165, 1.54) is 11.3 Å². The Hall–Kier alpha value is -1.77. The molecule has 8 heteroatoms. The molecule has 1 unspecified atom stereocenters. The standard InChI is InChI=1S/C17H18N4O2S2/c22-16-13-2-1-11(19-17-18-5-8-24-17)9-14(13)20-15(21-16)10-25-12-3-6-23-7-4-12/h1-2,5,8-9,12-13H,3-4,6-7,10H2,(H,20,21,22)/b19-11+. The summed E-state index contributed by atoms with van der Waals surface area (Å²) in [5.41, 5.74) is 1.53. The number of ether oxygens (including phenoxy) is 1. The molecular formula is C17H18N4O2S2. The molecular weight excluding hydrogens is 356 g/mol. The molecule has 1 N–H and O–H groups in total. The first-order chi connectivity index (χ1) is 12.3. The predicted molar refractivity (Wildman–Crippen MR) is 102 cm³/mol. The van der Waals surface area contributed by atoms with Crippen LogP contribution in [0.3, 0.4) is 0 Å². The van der Waals surface area contributed by atoms with E-state index in [9.17, 15) is 4.79 Å². The van der Waals surface area contributed by atoms with E-state index in [1.54, 1.807) is 6.20 Å². The number of amidine groups is 1. The van der Waals surface area contributed by atoms with Crippen LogP contribution >= 0.6 is 23.1 Å². The molecule has 0 spiro atoms. The minimum atomic E-state index is -0.327. The van der Waals surface area contributed by atoms with E-state index in [1.807, 2.05) is 35.4 Å². The van der Waals surface area contributed by atoms with Crippen LogP contribution in [0.1, 0.15) is 12.8 Å². The Morgan fingerprint density at radius 1 is 1.40 bits per heavy atom. The van der Waals surface area contributed by atoms with Crippen molar-refractivity contribution in [2.45, 2.75) is 18.1 Å². The number of thiazole rings is 1. The second-order valence-corrected chi connectivity index (χ2v) is 8.09. The zero-order valence-corrected chi connectivity index (χ0v) is 15.2. The fourth-order valence-electron chi connectivity index (χ4n) is 2.87. The van der Waals surface area contributed by atoms with Gasteiger partial charge in [0.15, 0.2) is 0 Å². The number of allylic oxidation sites excluding steroid dienone is 2. The quantitative estimate of drug-likeness (QED) is 0.879. The smallest absolute Gasteiger partial charge is 0.238 e. The van der Waals surface area contributed by atoms with E-state index in [0.717, 1.165) is 43.3 Å². The number of hydrogen-bond donors (Lipinski definition) is 1. The minimum absolute atomic E-state index is 0.0200. The number of nitrogens with one attached hydrogen (secondary N) is 1. The number of fused-ring (bicyclic) bond motifs is 1. The van der Waals surface area contributed by atoms with E-state index in [2.05, 4.69) is 20.3 Å². The van der Waals surface area contributed by atoms with Gasteiger partial charge in [-0.05, 0) is 25.0 Å². The van der Waals surface area contributed by atoms with E-state index in [-0.39, 0.29) is 11.8 Å². The van der Waals surface area contributed by atoms with Crippen LogP contribution in [0.5, 0.6) is 0 Å². The molecule has 25 heavy (non-hydrogen) atoms. The van der Waals surface area contributed by atoms with E-state index in [4.69, 9.17) is 4.74 Å². The van der Waals surface area contributed by atoms with Crippen molar-refractivity contribution in [3.63, 3.8) is 0 Å². The van der Waals surface area contributed by atoms with Crippen molar-refractivity contribution in [3.05, 3.63) is 35.5 Å². The van der Waals surface area contributed by atoms with Gasteiger partial charge in [-0.2, -0.15) is 11.8 Å². The Labute approximate surface area is 154 Å². The number of hydrogen-bond acceptors (Lipinski definition) is 7. The van der Waals surface area contributed by atoms with E-state index >= 15 is 0 Å². The van der Waals surface area contributed by atoms with Crippen molar-refractivity contribution in [3.8, 4) is 0 Å². The largest absolute Gasteiger partial charge is 0.381 e. The van der Waals surface area contributed by atoms with Gasteiger partial charge in [0.05, 0.1) is 23.1 Å². The highest BCUT2D eigenvalue weighted by Crippen LogP contribution is 2.27. The molecule has 4 rings (SSSR count). The Morgan fingerprint density at radius 2 is 2.28 bits per heavy atom. The number of amides is 1. The summed E-state index contributed by atoms with van der Waals surface area (Å²) in [6.07, 6.45) is 9.43. The lowest BCUT2D eigenvalue weighted by Gasteiger charge is -2.25. The van der Waals surface area contributed by atoms with Crippen LogP contribution in [0, 0.1) is 5.92 Å². The van der Waals surface area contributed by atoms with Crippen molar-refractivity contribution in [2.24, 2.45) is 15.9 Å². The summed E-state index contributed by atoms with van der Waals surface area (Å²) in [5, 5.41) is 6.10.